The zero-order chi connectivity index (χ0) is 14.1. The molecule has 1 unspecified atom stereocenters. The van der Waals surface area contributed by atoms with Gasteiger partial charge in [0.05, 0.1) is 0 Å². The van der Waals surface area contributed by atoms with Crippen molar-refractivity contribution in [3.05, 3.63) is 69.5 Å². The van der Waals surface area contributed by atoms with Crippen molar-refractivity contribution in [1.82, 2.24) is 0 Å². The molecule has 0 fully saturated rings. The average molecular weight is 291 g/mol. The number of aliphatic hydroxyl groups excluding tert-OH is 1. The van der Waals surface area contributed by atoms with E-state index in [4.69, 9.17) is 11.6 Å². The molecule has 0 saturated carbocycles. The van der Waals surface area contributed by atoms with E-state index in [1.807, 2.05) is 18.2 Å². The minimum atomic E-state index is -1.02. The summed E-state index contributed by atoms with van der Waals surface area (Å²) < 4.78 is 13.9. The van der Waals surface area contributed by atoms with E-state index in [1.165, 1.54) is 30.0 Å². The summed E-state index contributed by atoms with van der Waals surface area (Å²) in [6.07, 6.45) is 3.49. The topological polar surface area (TPSA) is 20.2 Å². The lowest BCUT2D eigenvalue weighted by atomic mass is 9.88. The Balaban J connectivity index is 2.00. The minimum absolute atomic E-state index is 0.157. The summed E-state index contributed by atoms with van der Waals surface area (Å²) in [6, 6.07) is 10.4. The summed E-state index contributed by atoms with van der Waals surface area (Å²) in [5, 5.41) is 10.7. The number of benzene rings is 2. The molecule has 2 aromatic rings. The summed E-state index contributed by atoms with van der Waals surface area (Å²) in [5.41, 5.74) is 3.47. The van der Waals surface area contributed by atoms with Crippen LogP contribution in [0, 0.1) is 5.82 Å². The summed E-state index contributed by atoms with van der Waals surface area (Å²) in [7, 11) is 0. The molecule has 0 aromatic heterocycles. The van der Waals surface area contributed by atoms with Gasteiger partial charge in [-0.05, 0) is 54.5 Å². The van der Waals surface area contributed by atoms with Gasteiger partial charge in [0.15, 0.2) is 0 Å². The molecule has 0 heterocycles. The normalized spacial score (nSPS) is 15.8. The Morgan fingerprint density at radius 2 is 1.80 bits per heavy atom. The van der Waals surface area contributed by atoms with Gasteiger partial charge in [-0.15, -0.1) is 0 Å². The van der Waals surface area contributed by atoms with Gasteiger partial charge in [0, 0.05) is 10.6 Å². The molecule has 2 aromatic carbocycles. The van der Waals surface area contributed by atoms with Crippen molar-refractivity contribution in [2.45, 2.75) is 31.8 Å². The lowest BCUT2D eigenvalue weighted by Gasteiger charge is -2.19. The number of rotatable bonds is 2. The second-order valence-corrected chi connectivity index (χ2v) is 5.68. The van der Waals surface area contributed by atoms with Gasteiger partial charge >= 0.3 is 0 Å². The maximum absolute atomic E-state index is 13.9. The van der Waals surface area contributed by atoms with Gasteiger partial charge in [0.1, 0.15) is 11.9 Å². The molecular weight excluding hydrogens is 275 g/mol. The summed E-state index contributed by atoms with van der Waals surface area (Å²) in [4.78, 5) is 0. The van der Waals surface area contributed by atoms with Gasteiger partial charge in [-0.2, -0.15) is 0 Å². The van der Waals surface area contributed by atoms with Gasteiger partial charge in [-0.25, -0.2) is 4.39 Å². The Bertz CT molecular complexity index is 619. The molecule has 0 saturated heterocycles. The fourth-order valence-electron chi connectivity index (χ4n) is 2.86. The van der Waals surface area contributed by atoms with Crippen molar-refractivity contribution >= 4 is 11.6 Å². The number of hydrogen-bond acceptors (Lipinski definition) is 1. The minimum Gasteiger partial charge on any atom is -0.383 e. The number of aryl methyl sites for hydroxylation is 2. The molecule has 1 aliphatic carbocycles. The van der Waals surface area contributed by atoms with Crippen LogP contribution in [0.4, 0.5) is 4.39 Å². The van der Waals surface area contributed by atoms with E-state index >= 15 is 0 Å². The van der Waals surface area contributed by atoms with Crippen LogP contribution in [0.3, 0.4) is 0 Å². The van der Waals surface area contributed by atoms with E-state index in [0.29, 0.717) is 5.56 Å². The Morgan fingerprint density at radius 1 is 1.05 bits per heavy atom. The Labute approximate surface area is 123 Å². The van der Waals surface area contributed by atoms with E-state index < -0.39 is 11.9 Å². The molecule has 0 aliphatic heterocycles. The molecule has 3 rings (SSSR count). The fraction of sp³-hybridized carbons (Fsp3) is 0.294. The van der Waals surface area contributed by atoms with Crippen molar-refractivity contribution in [1.29, 1.82) is 0 Å². The van der Waals surface area contributed by atoms with Crippen LogP contribution < -0.4 is 0 Å². The van der Waals surface area contributed by atoms with Gasteiger partial charge < -0.3 is 5.11 Å². The van der Waals surface area contributed by atoms with Crippen LogP contribution >= 0.6 is 11.6 Å². The third-order valence-corrected chi connectivity index (χ3v) is 4.29. The molecule has 0 bridgehead atoms. The van der Waals surface area contributed by atoms with Crippen LogP contribution in [0.25, 0.3) is 0 Å². The molecule has 20 heavy (non-hydrogen) atoms. The standard InChI is InChI=1S/C17H16ClFO/c18-14-6-3-7-15(19)16(14)17(20)13-9-8-11-4-1-2-5-12(11)10-13/h3,6-10,17,20H,1-2,4-5H2. The smallest absolute Gasteiger partial charge is 0.130 e. The van der Waals surface area contributed by atoms with Crippen LogP contribution in [0.5, 0.6) is 0 Å². The molecule has 1 nitrogen and oxygen atoms in total. The van der Waals surface area contributed by atoms with E-state index in [9.17, 15) is 9.50 Å². The zero-order valence-electron chi connectivity index (χ0n) is 11.1. The number of hydrogen-bond donors (Lipinski definition) is 1. The highest BCUT2D eigenvalue weighted by atomic mass is 35.5. The first-order valence-electron chi connectivity index (χ1n) is 6.90. The number of fused-ring (bicyclic) bond motifs is 1. The summed E-state index contributed by atoms with van der Waals surface area (Å²) >= 11 is 6.02. The van der Waals surface area contributed by atoms with E-state index in [1.54, 1.807) is 12.1 Å². The monoisotopic (exact) mass is 290 g/mol. The SMILES string of the molecule is OC(c1ccc2c(c1)CCCC2)c1c(F)cccc1Cl. The largest absolute Gasteiger partial charge is 0.383 e. The quantitative estimate of drug-likeness (QED) is 0.867. The molecule has 1 N–H and O–H groups in total. The Morgan fingerprint density at radius 3 is 2.55 bits per heavy atom. The summed E-state index contributed by atoms with van der Waals surface area (Å²) in [5.74, 6) is -0.470. The molecule has 0 radical (unpaired) electrons. The van der Waals surface area contributed by atoms with Crippen molar-refractivity contribution in [3.63, 3.8) is 0 Å². The molecular formula is C17H16ClFO. The zero-order valence-corrected chi connectivity index (χ0v) is 11.8. The summed E-state index contributed by atoms with van der Waals surface area (Å²) in [6.45, 7) is 0. The maximum atomic E-state index is 13.9. The number of halogens is 2. The van der Waals surface area contributed by atoms with Crippen LogP contribution in [0.1, 0.15) is 41.2 Å². The van der Waals surface area contributed by atoms with Crippen LogP contribution in [-0.2, 0) is 12.8 Å². The highest BCUT2D eigenvalue weighted by Gasteiger charge is 2.20. The highest BCUT2D eigenvalue weighted by Crippen LogP contribution is 2.32. The molecule has 104 valence electrons. The van der Waals surface area contributed by atoms with Crippen molar-refractivity contribution < 1.29 is 9.50 Å². The lowest BCUT2D eigenvalue weighted by molar-refractivity contribution is 0.215. The van der Waals surface area contributed by atoms with E-state index in [-0.39, 0.29) is 10.6 Å². The molecule has 0 spiro atoms. The fourth-order valence-corrected chi connectivity index (χ4v) is 3.13. The van der Waals surface area contributed by atoms with Crippen LogP contribution in [-0.4, -0.2) is 5.11 Å². The third-order valence-electron chi connectivity index (χ3n) is 3.96. The van der Waals surface area contributed by atoms with Crippen LogP contribution in [0.15, 0.2) is 36.4 Å². The third kappa shape index (κ3) is 2.46. The van der Waals surface area contributed by atoms with Gasteiger partial charge in [-0.1, -0.05) is 35.9 Å². The van der Waals surface area contributed by atoms with Crippen molar-refractivity contribution in [2.75, 3.05) is 0 Å². The van der Waals surface area contributed by atoms with E-state index in [0.717, 1.165) is 12.8 Å². The molecule has 0 amide bonds. The second kappa shape index (κ2) is 5.55. The lowest BCUT2D eigenvalue weighted by Crippen LogP contribution is -2.07. The Kier molecular flexibility index (Phi) is 3.77. The predicted octanol–water partition coefficient (Wildman–Crippen LogP) is 4.44. The highest BCUT2D eigenvalue weighted by molar-refractivity contribution is 6.31. The maximum Gasteiger partial charge on any atom is 0.130 e. The second-order valence-electron chi connectivity index (χ2n) is 5.27. The van der Waals surface area contributed by atoms with Crippen LogP contribution in [0.2, 0.25) is 5.02 Å². The predicted molar refractivity (Wildman–Crippen MR) is 78.6 cm³/mol. The molecule has 3 heteroatoms. The number of aliphatic hydroxyl groups is 1. The van der Waals surface area contributed by atoms with Gasteiger partial charge in [-0.3, -0.25) is 0 Å². The Hall–Kier alpha value is -1.38. The molecule has 1 aliphatic rings. The van der Waals surface area contributed by atoms with Crippen molar-refractivity contribution in [3.8, 4) is 0 Å². The van der Waals surface area contributed by atoms with E-state index in [2.05, 4.69) is 0 Å². The first-order chi connectivity index (χ1) is 9.66. The van der Waals surface area contributed by atoms with Gasteiger partial charge in [0.25, 0.3) is 0 Å². The van der Waals surface area contributed by atoms with Gasteiger partial charge in [0.2, 0.25) is 0 Å². The van der Waals surface area contributed by atoms with Crippen molar-refractivity contribution in [2.24, 2.45) is 0 Å². The first-order valence-corrected chi connectivity index (χ1v) is 7.28. The average Bonchev–Trinajstić information content (AvgIpc) is 2.46. The molecule has 1 atom stereocenters. The first kappa shape index (κ1) is 13.6.